The van der Waals surface area contributed by atoms with Crippen LogP contribution in [-0.2, 0) is 10.2 Å². The van der Waals surface area contributed by atoms with Crippen molar-refractivity contribution < 1.29 is 4.79 Å². The van der Waals surface area contributed by atoms with Gasteiger partial charge in [-0.15, -0.1) is 12.6 Å². The number of benzene rings is 1. The first-order valence-corrected chi connectivity index (χ1v) is 16.4. The van der Waals surface area contributed by atoms with E-state index in [4.69, 9.17) is 0 Å². The van der Waals surface area contributed by atoms with E-state index in [1.54, 1.807) is 0 Å². The third-order valence-corrected chi connectivity index (χ3v) is 13.4. The van der Waals surface area contributed by atoms with Crippen molar-refractivity contribution in [2.24, 2.45) is 0 Å². The number of hydrogen-bond donors (Lipinski definition) is 1. The quantitative estimate of drug-likeness (QED) is 0.554. The van der Waals surface area contributed by atoms with Crippen molar-refractivity contribution in [3.63, 3.8) is 0 Å². The van der Waals surface area contributed by atoms with Gasteiger partial charge in [-0.25, -0.2) is 0 Å². The average Bonchev–Trinajstić information content (AvgIpc) is 2.46. The second kappa shape index (κ2) is 7.10. The number of carbonyl (C=O) groups is 1. The molecule has 0 saturated heterocycles. The highest BCUT2D eigenvalue weighted by molar-refractivity contribution is 7.96. The Balaban J connectivity index is 2.26. The van der Waals surface area contributed by atoms with Crippen molar-refractivity contribution >= 4 is 34.2 Å². The number of nitrogens with zero attached hydrogens (tertiary/aromatic N) is 1. The summed E-state index contributed by atoms with van der Waals surface area (Å²) in [5.41, 5.74) is 0.766. The summed E-state index contributed by atoms with van der Waals surface area (Å²) in [5, 5.41) is 0.0414. The monoisotopic (exact) mass is 379 g/mol. The molecule has 1 aliphatic rings. The zero-order valence-corrected chi connectivity index (χ0v) is 19.0. The molecule has 5 heteroatoms. The topological polar surface area (TPSA) is 20.3 Å². The van der Waals surface area contributed by atoms with Gasteiger partial charge in [0, 0.05) is 0 Å². The molecule has 1 aliphatic carbocycles. The third-order valence-electron chi connectivity index (χ3n) is 5.36. The molecule has 0 aliphatic heterocycles. The molecule has 134 valence electrons. The highest BCUT2D eigenvalue weighted by Gasteiger charge is 2.46. The maximum Gasteiger partial charge on any atom is 0.196 e. The van der Waals surface area contributed by atoms with Crippen LogP contribution >= 0.6 is 12.6 Å². The molecule has 0 radical (unpaired) electrons. The Labute approximate surface area is 155 Å². The SMILES string of the molecule is C[Si](C)(C)N(C1CCC(C(=O)S)(c2ccccc2)CC1)[Si](C)(C)C. The molecular formula is C19H33NOSSi2. The summed E-state index contributed by atoms with van der Waals surface area (Å²) in [6, 6.07) is 10.9. The van der Waals surface area contributed by atoms with Gasteiger partial charge in [0.25, 0.3) is 0 Å². The zero-order valence-electron chi connectivity index (χ0n) is 16.1. The fourth-order valence-electron chi connectivity index (χ4n) is 4.84. The van der Waals surface area contributed by atoms with E-state index < -0.39 is 16.5 Å². The lowest BCUT2D eigenvalue weighted by Crippen LogP contribution is -2.64. The summed E-state index contributed by atoms with van der Waals surface area (Å²) >= 11 is 4.30. The van der Waals surface area contributed by atoms with Crippen molar-refractivity contribution in [3.05, 3.63) is 35.9 Å². The predicted octanol–water partition coefficient (Wildman–Crippen LogP) is 5.30. The molecule has 0 N–H and O–H groups in total. The maximum atomic E-state index is 12.5. The van der Waals surface area contributed by atoms with Gasteiger partial charge in [-0.1, -0.05) is 69.6 Å². The summed E-state index contributed by atoms with van der Waals surface area (Å²) in [7, 11) is -2.74. The van der Waals surface area contributed by atoms with Crippen LogP contribution in [-0.4, -0.2) is 31.9 Å². The molecule has 1 fully saturated rings. The summed E-state index contributed by atoms with van der Waals surface area (Å²) in [6.07, 6.45) is 4.07. The van der Waals surface area contributed by atoms with E-state index in [9.17, 15) is 4.79 Å². The Morgan fingerprint density at radius 3 is 1.83 bits per heavy atom. The van der Waals surface area contributed by atoms with Crippen molar-refractivity contribution in [2.45, 2.75) is 76.4 Å². The first kappa shape index (κ1) is 20.0. The summed E-state index contributed by atoms with van der Waals surface area (Å²) in [4.78, 5) is 12.5. The molecule has 1 aromatic rings. The van der Waals surface area contributed by atoms with Crippen LogP contribution in [0.2, 0.25) is 39.3 Å². The molecule has 0 heterocycles. The van der Waals surface area contributed by atoms with Crippen LogP contribution in [0.3, 0.4) is 0 Å². The van der Waals surface area contributed by atoms with Crippen LogP contribution in [0.25, 0.3) is 0 Å². The average molecular weight is 380 g/mol. The van der Waals surface area contributed by atoms with Gasteiger partial charge in [-0.2, -0.15) is 0 Å². The third kappa shape index (κ3) is 4.06. The molecule has 2 nitrogen and oxygen atoms in total. The minimum Gasteiger partial charge on any atom is -0.343 e. The Morgan fingerprint density at radius 2 is 1.46 bits per heavy atom. The summed E-state index contributed by atoms with van der Waals surface area (Å²) < 4.78 is 2.91. The molecule has 0 bridgehead atoms. The number of thiol groups is 1. The van der Waals surface area contributed by atoms with Gasteiger partial charge < -0.3 is 4.23 Å². The predicted molar refractivity (Wildman–Crippen MR) is 113 cm³/mol. The fraction of sp³-hybridized carbons (Fsp3) is 0.632. The molecule has 0 atom stereocenters. The molecule has 1 saturated carbocycles. The Bertz CT molecular complexity index is 555. The second-order valence-corrected chi connectivity index (χ2v) is 19.7. The van der Waals surface area contributed by atoms with Crippen LogP contribution in [0, 0.1) is 0 Å². The van der Waals surface area contributed by atoms with Crippen LogP contribution < -0.4 is 0 Å². The molecule has 24 heavy (non-hydrogen) atoms. The van der Waals surface area contributed by atoms with Gasteiger partial charge in [0.15, 0.2) is 5.12 Å². The highest BCUT2D eigenvalue weighted by atomic mass is 32.1. The van der Waals surface area contributed by atoms with E-state index in [2.05, 4.69) is 68.3 Å². The van der Waals surface area contributed by atoms with Crippen molar-refractivity contribution in [3.8, 4) is 0 Å². The minimum absolute atomic E-state index is 0.0414. The van der Waals surface area contributed by atoms with Crippen LogP contribution in [0.5, 0.6) is 0 Å². The van der Waals surface area contributed by atoms with Crippen LogP contribution in [0.1, 0.15) is 31.2 Å². The summed E-state index contributed by atoms with van der Waals surface area (Å²) in [6.45, 7) is 14.8. The Morgan fingerprint density at radius 1 is 1.00 bits per heavy atom. The normalized spacial score (nSPS) is 25.8. The molecular weight excluding hydrogens is 346 g/mol. The van der Waals surface area contributed by atoms with E-state index in [0.29, 0.717) is 6.04 Å². The standard InChI is InChI=1S/C19H33NOSSi2/c1-23(2,3)20(24(4,5)6)17-12-14-19(15-13-17,18(21)22)16-10-8-7-9-11-16/h7-11,17H,12-15H2,1-6H3,(H,21,22). The molecule has 2 rings (SSSR count). The Hall–Kier alpha value is -0.366. The largest absolute Gasteiger partial charge is 0.343 e. The fourth-order valence-corrected chi connectivity index (χ4v) is 15.9. The number of carbonyl (C=O) groups excluding carboxylic acids is 1. The first-order valence-electron chi connectivity index (χ1n) is 9.07. The lowest BCUT2D eigenvalue weighted by molar-refractivity contribution is -0.117. The number of hydrogen-bond acceptors (Lipinski definition) is 2. The van der Waals surface area contributed by atoms with Crippen molar-refractivity contribution in [2.75, 3.05) is 0 Å². The van der Waals surface area contributed by atoms with Gasteiger partial charge in [-0.05, 0) is 37.3 Å². The van der Waals surface area contributed by atoms with Gasteiger partial charge in [0.2, 0.25) is 0 Å². The van der Waals surface area contributed by atoms with E-state index in [1.165, 1.54) is 0 Å². The minimum atomic E-state index is -1.37. The van der Waals surface area contributed by atoms with Gasteiger partial charge in [-0.3, -0.25) is 4.79 Å². The highest BCUT2D eigenvalue weighted by Crippen LogP contribution is 2.44. The molecule has 0 spiro atoms. The van der Waals surface area contributed by atoms with E-state index in [-0.39, 0.29) is 10.5 Å². The zero-order chi connectivity index (χ0) is 18.2. The van der Waals surface area contributed by atoms with Gasteiger partial charge >= 0.3 is 0 Å². The van der Waals surface area contributed by atoms with E-state index in [0.717, 1.165) is 31.2 Å². The summed E-state index contributed by atoms with van der Waals surface area (Å²) in [5.74, 6) is 0. The van der Waals surface area contributed by atoms with E-state index >= 15 is 0 Å². The van der Waals surface area contributed by atoms with Crippen molar-refractivity contribution in [1.29, 1.82) is 0 Å². The van der Waals surface area contributed by atoms with Gasteiger partial charge in [0.1, 0.15) is 16.5 Å². The lowest BCUT2D eigenvalue weighted by Gasteiger charge is -2.52. The Kier molecular flexibility index (Phi) is 5.90. The molecule has 1 aromatic carbocycles. The maximum absolute atomic E-state index is 12.5. The van der Waals surface area contributed by atoms with Crippen molar-refractivity contribution in [1.82, 2.24) is 4.23 Å². The molecule has 0 aromatic heterocycles. The lowest BCUT2D eigenvalue weighted by atomic mass is 9.69. The number of rotatable bonds is 5. The first-order chi connectivity index (χ1) is 11.0. The molecule has 0 amide bonds. The van der Waals surface area contributed by atoms with Crippen LogP contribution in [0.4, 0.5) is 0 Å². The van der Waals surface area contributed by atoms with E-state index in [1.807, 2.05) is 18.2 Å². The second-order valence-electron chi connectivity index (χ2n) is 9.20. The molecule has 0 unspecified atom stereocenters. The van der Waals surface area contributed by atoms with Crippen LogP contribution in [0.15, 0.2) is 30.3 Å². The van der Waals surface area contributed by atoms with Gasteiger partial charge in [0.05, 0.1) is 5.41 Å². The smallest absolute Gasteiger partial charge is 0.196 e.